The van der Waals surface area contributed by atoms with Gasteiger partial charge >= 0.3 is 0 Å². The van der Waals surface area contributed by atoms with Gasteiger partial charge in [-0.05, 0) is 31.2 Å². The Labute approximate surface area is 246 Å². The molecule has 42 heavy (non-hydrogen) atoms. The Morgan fingerprint density at radius 3 is 2.36 bits per heavy atom. The maximum Gasteiger partial charge on any atom is 0.273 e. The minimum Gasteiger partial charge on any atom is -0.493 e. The van der Waals surface area contributed by atoms with Crippen LogP contribution in [0.5, 0.6) is 11.5 Å². The predicted octanol–water partition coefficient (Wildman–Crippen LogP) is 5.90. The van der Waals surface area contributed by atoms with Crippen LogP contribution in [0.2, 0.25) is 0 Å². The number of carbonyl (C=O) groups excluding carboxylic acids is 1. The summed E-state index contributed by atoms with van der Waals surface area (Å²) in [5, 5.41) is 15.7. The first-order valence-corrected chi connectivity index (χ1v) is 13.9. The van der Waals surface area contributed by atoms with Gasteiger partial charge in [-0.2, -0.15) is 5.26 Å². The van der Waals surface area contributed by atoms with Crippen LogP contribution in [0.15, 0.2) is 101 Å². The molecule has 0 radical (unpaired) electrons. The molecule has 1 atom stereocenters. The van der Waals surface area contributed by atoms with Crippen molar-refractivity contribution < 1.29 is 14.3 Å². The molecule has 0 aliphatic rings. The molecule has 0 saturated heterocycles. The van der Waals surface area contributed by atoms with E-state index in [0.29, 0.717) is 44.6 Å². The van der Waals surface area contributed by atoms with Crippen LogP contribution in [0.25, 0.3) is 28.1 Å². The van der Waals surface area contributed by atoms with Crippen LogP contribution < -0.4 is 20.3 Å². The van der Waals surface area contributed by atoms with Crippen LogP contribution in [0, 0.1) is 11.3 Å². The van der Waals surface area contributed by atoms with Gasteiger partial charge < -0.3 is 14.8 Å². The molecule has 2 aromatic heterocycles. The minimum absolute atomic E-state index is 0.259. The monoisotopic (exact) mass is 577 g/mol. The van der Waals surface area contributed by atoms with Crippen LogP contribution in [-0.2, 0) is 4.79 Å². The fourth-order valence-corrected chi connectivity index (χ4v) is 5.39. The van der Waals surface area contributed by atoms with Gasteiger partial charge in [0.2, 0.25) is 5.91 Å². The van der Waals surface area contributed by atoms with E-state index in [1.54, 1.807) is 39.3 Å². The molecule has 2 heterocycles. The lowest BCUT2D eigenvalue weighted by molar-refractivity contribution is -0.115. The molecule has 10 heteroatoms. The van der Waals surface area contributed by atoms with Crippen molar-refractivity contribution >= 4 is 23.5 Å². The quantitative estimate of drug-likeness (QED) is 0.209. The standard InChI is InChI=1S/C32H27N5O4S/c1-20(31(39)35-28-18-29(38)37(36-28)22-13-8-5-9-14-22)42-32-25(19-33)24(17-26(34-32)21-11-6-4-7-12-21)23-15-10-16-27(40-2)30(23)41-3/h4-18,20,36H,1-3H3,(H,35,39). The van der Waals surface area contributed by atoms with Gasteiger partial charge in [0.25, 0.3) is 5.56 Å². The Morgan fingerprint density at radius 2 is 1.69 bits per heavy atom. The highest BCUT2D eigenvalue weighted by Crippen LogP contribution is 2.42. The third-order valence-corrected chi connectivity index (χ3v) is 7.60. The maximum atomic E-state index is 13.3. The van der Waals surface area contributed by atoms with Gasteiger partial charge in [-0.25, -0.2) is 9.67 Å². The zero-order valence-electron chi connectivity index (χ0n) is 23.1. The van der Waals surface area contributed by atoms with Gasteiger partial charge in [0.05, 0.1) is 36.4 Å². The highest BCUT2D eigenvalue weighted by atomic mass is 32.2. The van der Waals surface area contributed by atoms with E-state index in [1.165, 1.54) is 10.7 Å². The summed E-state index contributed by atoms with van der Waals surface area (Å²) in [6.07, 6.45) is 0. The average molecular weight is 578 g/mol. The number of nitrogens with zero attached hydrogens (tertiary/aromatic N) is 3. The van der Waals surface area contributed by atoms with E-state index in [1.807, 2.05) is 66.7 Å². The average Bonchev–Trinajstić information content (AvgIpc) is 3.40. The molecule has 1 unspecified atom stereocenters. The molecular formula is C32H27N5O4S. The lowest BCUT2D eigenvalue weighted by atomic mass is 9.98. The fourth-order valence-electron chi connectivity index (χ4n) is 4.47. The molecule has 0 saturated carbocycles. The second-order valence-electron chi connectivity index (χ2n) is 9.18. The zero-order valence-corrected chi connectivity index (χ0v) is 23.9. The molecule has 5 rings (SSSR count). The van der Waals surface area contributed by atoms with Crippen LogP contribution in [0.4, 0.5) is 5.82 Å². The lowest BCUT2D eigenvalue weighted by Crippen LogP contribution is -2.23. The van der Waals surface area contributed by atoms with Crippen LogP contribution in [-0.4, -0.2) is 40.1 Å². The van der Waals surface area contributed by atoms with Gasteiger partial charge in [0.1, 0.15) is 16.9 Å². The normalized spacial score (nSPS) is 11.4. The van der Waals surface area contributed by atoms with Crippen molar-refractivity contribution in [3.05, 3.63) is 107 Å². The van der Waals surface area contributed by atoms with Crippen molar-refractivity contribution in [1.29, 1.82) is 5.26 Å². The smallest absolute Gasteiger partial charge is 0.273 e. The van der Waals surface area contributed by atoms with Gasteiger partial charge in [-0.3, -0.25) is 14.7 Å². The first kappa shape index (κ1) is 28.3. The summed E-state index contributed by atoms with van der Waals surface area (Å²) in [7, 11) is 3.10. The summed E-state index contributed by atoms with van der Waals surface area (Å²) >= 11 is 1.15. The summed E-state index contributed by atoms with van der Waals surface area (Å²) in [4.78, 5) is 30.6. The maximum absolute atomic E-state index is 13.3. The molecule has 0 aliphatic heterocycles. The Bertz CT molecular complexity index is 1830. The van der Waals surface area contributed by atoms with E-state index in [-0.39, 0.29) is 17.3 Å². The molecule has 2 N–H and O–H groups in total. The summed E-state index contributed by atoms with van der Waals surface area (Å²) in [5.41, 5.74) is 3.38. The number of aromatic amines is 1. The highest BCUT2D eigenvalue weighted by Gasteiger charge is 2.24. The second-order valence-corrected chi connectivity index (χ2v) is 10.5. The number of thioether (sulfide) groups is 1. The second kappa shape index (κ2) is 12.5. The van der Waals surface area contributed by atoms with E-state index >= 15 is 0 Å². The molecule has 1 amide bonds. The first-order chi connectivity index (χ1) is 20.4. The summed E-state index contributed by atoms with van der Waals surface area (Å²) in [6, 6.07) is 29.6. The van der Waals surface area contributed by atoms with E-state index in [9.17, 15) is 14.9 Å². The van der Waals surface area contributed by atoms with E-state index in [2.05, 4.69) is 16.5 Å². The minimum atomic E-state index is -0.667. The molecule has 210 valence electrons. The molecule has 5 aromatic rings. The third-order valence-electron chi connectivity index (χ3n) is 6.51. The molecule has 0 spiro atoms. The number of carbonyl (C=O) groups is 1. The number of aromatic nitrogens is 3. The van der Waals surface area contributed by atoms with Gasteiger partial charge in [0, 0.05) is 22.8 Å². The van der Waals surface area contributed by atoms with E-state index < -0.39 is 5.25 Å². The molecule has 9 nitrogen and oxygen atoms in total. The summed E-state index contributed by atoms with van der Waals surface area (Å²) < 4.78 is 12.5. The van der Waals surface area contributed by atoms with Crippen molar-refractivity contribution in [3.8, 4) is 45.6 Å². The number of pyridine rings is 1. The van der Waals surface area contributed by atoms with Gasteiger partial charge in [0.15, 0.2) is 11.5 Å². The van der Waals surface area contributed by atoms with Crippen molar-refractivity contribution in [2.45, 2.75) is 17.2 Å². The van der Waals surface area contributed by atoms with Crippen LogP contribution in [0.3, 0.4) is 0 Å². The summed E-state index contributed by atoms with van der Waals surface area (Å²) in [5.74, 6) is 0.901. The number of amides is 1. The number of hydrogen-bond donors (Lipinski definition) is 2. The largest absolute Gasteiger partial charge is 0.493 e. The predicted molar refractivity (Wildman–Crippen MR) is 163 cm³/mol. The number of ether oxygens (including phenoxy) is 2. The van der Waals surface area contributed by atoms with Crippen molar-refractivity contribution in [1.82, 2.24) is 14.8 Å². The van der Waals surface area contributed by atoms with Gasteiger partial charge in [-0.1, -0.05) is 72.4 Å². The Kier molecular flexibility index (Phi) is 8.41. The number of hydrogen-bond acceptors (Lipinski definition) is 7. The highest BCUT2D eigenvalue weighted by molar-refractivity contribution is 8.00. The fraction of sp³-hybridized carbons (Fsp3) is 0.125. The number of benzene rings is 3. The Morgan fingerprint density at radius 1 is 0.976 bits per heavy atom. The molecular weight excluding hydrogens is 550 g/mol. The first-order valence-electron chi connectivity index (χ1n) is 13.0. The van der Waals surface area contributed by atoms with Crippen LogP contribution >= 0.6 is 11.8 Å². The van der Waals surface area contributed by atoms with Gasteiger partial charge in [-0.15, -0.1) is 0 Å². The lowest BCUT2D eigenvalue weighted by Gasteiger charge is -2.18. The number of rotatable bonds is 9. The van der Waals surface area contributed by atoms with E-state index in [4.69, 9.17) is 14.5 Å². The molecule has 0 fully saturated rings. The Hall–Kier alpha value is -5.27. The topological polar surface area (TPSA) is 122 Å². The molecule has 0 aliphatic carbocycles. The number of methoxy groups -OCH3 is 2. The molecule has 3 aromatic carbocycles. The third kappa shape index (κ3) is 5.77. The Balaban J connectivity index is 1.51. The SMILES string of the molecule is COc1cccc(-c2cc(-c3ccccc3)nc(SC(C)C(=O)Nc3cc(=O)n(-c4ccccc4)[nH]3)c2C#N)c1OC. The zero-order chi connectivity index (χ0) is 29.6. The van der Waals surface area contributed by atoms with Crippen LogP contribution in [0.1, 0.15) is 12.5 Å². The number of H-pyrrole nitrogens is 1. The number of para-hydroxylation sites is 2. The van der Waals surface area contributed by atoms with Crippen molar-refractivity contribution in [2.75, 3.05) is 19.5 Å². The summed E-state index contributed by atoms with van der Waals surface area (Å²) in [6.45, 7) is 1.72. The van der Waals surface area contributed by atoms with Crippen molar-refractivity contribution in [2.24, 2.45) is 0 Å². The number of nitriles is 1. The number of anilines is 1. The van der Waals surface area contributed by atoms with Crippen molar-refractivity contribution in [3.63, 3.8) is 0 Å². The van der Waals surface area contributed by atoms with E-state index in [0.717, 1.165) is 17.3 Å². The number of nitrogens with one attached hydrogen (secondary N) is 2. The molecule has 0 bridgehead atoms.